The molecule has 0 aliphatic carbocycles. The number of anilines is 1. The molecular formula is C21H22BrN3O2S. The lowest BCUT2D eigenvalue weighted by atomic mass is 10.2. The summed E-state index contributed by atoms with van der Waals surface area (Å²) in [6, 6.07) is 13.5. The van der Waals surface area contributed by atoms with E-state index in [0.717, 1.165) is 27.2 Å². The third-order valence-electron chi connectivity index (χ3n) is 4.25. The number of carbonyl (C=O) groups is 1. The van der Waals surface area contributed by atoms with Crippen molar-refractivity contribution >= 4 is 56.2 Å². The largest absolute Gasteiger partial charge is 0.497 e. The van der Waals surface area contributed by atoms with E-state index in [4.69, 9.17) is 4.74 Å². The van der Waals surface area contributed by atoms with Gasteiger partial charge >= 0.3 is 0 Å². The van der Waals surface area contributed by atoms with Crippen molar-refractivity contribution in [2.75, 3.05) is 32.6 Å². The average Bonchev–Trinajstić information content (AvgIpc) is 2.96. The zero-order chi connectivity index (χ0) is 20.3. The molecular weight excluding hydrogens is 438 g/mol. The normalized spacial score (nSPS) is 16.9. The Kier molecular flexibility index (Phi) is 6.46. The number of thioether (sulfide) groups is 1. The van der Waals surface area contributed by atoms with E-state index in [1.807, 2.05) is 74.5 Å². The molecule has 1 amide bonds. The number of amides is 1. The van der Waals surface area contributed by atoms with Crippen LogP contribution in [-0.4, -0.2) is 43.7 Å². The molecule has 2 aromatic rings. The van der Waals surface area contributed by atoms with Crippen molar-refractivity contribution in [1.29, 1.82) is 0 Å². The summed E-state index contributed by atoms with van der Waals surface area (Å²) in [6.45, 7) is 2.52. The van der Waals surface area contributed by atoms with Gasteiger partial charge in [0.25, 0.3) is 5.91 Å². The molecule has 1 heterocycles. The van der Waals surface area contributed by atoms with Gasteiger partial charge in [0.15, 0.2) is 5.17 Å². The minimum absolute atomic E-state index is 0.0208. The van der Waals surface area contributed by atoms with Gasteiger partial charge in [-0.1, -0.05) is 6.07 Å². The first-order valence-electron chi connectivity index (χ1n) is 8.84. The number of nitrogens with zero attached hydrogens (tertiary/aromatic N) is 3. The Morgan fingerprint density at radius 3 is 2.50 bits per heavy atom. The molecule has 1 fully saturated rings. The average molecular weight is 460 g/mol. The second-order valence-electron chi connectivity index (χ2n) is 6.36. The van der Waals surface area contributed by atoms with Gasteiger partial charge in [-0.05, 0) is 82.7 Å². The fraction of sp³-hybridized carbons (Fsp3) is 0.238. The maximum Gasteiger partial charge on any atom is 0.266 e. The van der Waals surface area contributed by atoms with Crippen LogP contribution in [0.2, 0.25) is 0 Å². The molecule has 146 valence electrons. The van der Waals surface area contributed by atoms with Crippen molar-refractivity contribution in [2.24, 2.45) is 4.99 Å². The predicted molar refractivity (Wildman–Crippen MR) is 122 cm³/mol. The number of halogens is 1. The first-order chi connectivity index (χ1) is 13.4. The fourth-order valence-corrected chi connectivity index (χ4v) is 4.58. The summed E-state index contributed by atoms with van der Waals surface area (Å²) in [5.41, 5.74) is 2.84. The number of hydrogen-bond acceptors (Lipinski definition) is 5. The Hall–Kier alpha value is -2.25. The highest BCUT2D eigenvalue weighted by Gasteiger charge is 2.32. The highest BCUT2D eigenvalue weighted by molar-refractivity contribution is 9.10. The molecule has 1 aliphatic rings. The van der Waals surface area contributed by atoms with Gasteiger partial charge in [-0.3, -0.25) is 9.69 Å². The molecule has 28 heavy (non-hydrogen) atoms. The third kappa shape index (κ3) is 4.42. The molecule has 7 heteroatoms. The Bertz CT molecular complexity index is 939. The van der Waals surface area contributed by atoms with Crippen molar-refractivity contribution in [1.82, 2.24) is 4.90 Å². The summed E-state index contributed by atoms with van der Waals surface area (Å²) in [6.07, 6.45) is 1.91. The van der Waals surface area contributed by atoms with Gasteiger partial charge < -0.3 is 9.64 Å². The van der Waals surface area contributed by atoms with Gasteiger partial charge in [-0.15, -0.1) is 0 Å². The van der Waals surface area contributed by atoms with Gasteiger partial charge in [-0.25, -0.2) is 4.99 Å². The zero-order valence-corrected chi connectivity index (χ0v) is 18.7. The van der Waals surface area contributed by atoms with Gasteiger partial charge in [-0.2, -0.15) is 0 Å². The third-order valence-corrected chi connectivity index (χ3v) is 5.89. The van der Waals surface area contributed by atoms with Crippen molar-refractivity contribution < 1.29 is 9.53 Å². The standard InChI is InChI=1S/C21H22BrN3O2S/c1-5-25-20(26)19(13-14-6-11-18(24(2)3)17(22)12-14)28-21(25)23-15-7-9-16(27-4)10-8-15/h6-13H,5H2,1-4H3/b19-13+,23-21?. The Morgan fingerprint density at radius 2 is 1.93 bits per heavy atom. The van der Waals surface area contributed by atoms with Crippen LogP contribution in [0.25, 0.3) is 6.08 Å². The number of benzene rings is 2. The summed E-state index contributed by atoms with van der Waals surface area (Å²) in [5, 5.41) is 0.688. The Labute approximate surface area is 178 Å². The van der Waals surface area contributed by atoms with Gasteiger partial charge in [0, 0.05) is 25.1 Å². The zero-order valence-electron chi connectivity index (χ0n) is 16.3. The number of likely N-dealkylation sites (N-methyl/N-ethyl adjacent to an activating group) is 1. The van der Waals surface area contributed by atoms with E-state index in [0.29, 0.717) is 16.6 Å². The topological polar surface area (TPSA) is 45.1 Å². The van der Waals surface area contributed by atoms with E-state index in [9.17, 15) is 4.79 Å². The highest BCUT2D eigenvalue weighted by Crippen LogP contribution is 2.35. The van der Waals surface area contributed by atoms with Crippen molar-refractivity contribution in [3.8, 4) is 5.75 Å². The van der Waals surface area contributed by atoms with Crippen LogP contribution in [0.15, 0.2) is 56.8 Å². The molecule has 0 spiro atoms. The van der Waals surface area contributed by atoms with Crippen LogP contribution in [0.5, 0.6) is 5.75 Å². The van der Waals surface area contributed by atoms with E-state index in [1.165, 1.54) is 11.8 Å². The number of ether oxygens (including phenoxy) is 1. The molecule has 1 aliphatic heterocycles. The van der Waals surface area contributed by atoms with Crippen LogP contribution < -0.4 is 9.64 Å². The minimum atomic E-state index is -0.0208. The summed E-state index contributed by atoms with van der Waals surface area (Å²) >= 11 is 5.00. The predicted octanol–water partition coefficient (Wildman–Crippen LogP) is 5.15. The molecule has 0 bridgehead atoms. The molecule has 2 aromatic carbocycles. The lowest BCUT2D eigenvalue weighted by molar-refractivity contribution is -0.122. The number of hydrogen-bond donors (Lipinski definition) is 0. The van der Waals surface area contributed by atoms with Crippen LogP contribution in [0.1, 0.15) is 12.5 Å². The number of amidine groups is 1. The molecule has 0 radical (unpaired) electrons. The number of carbonyl (C=O) groups excluding carboxylic acids is 1. The van der Waals surface area contributed by atoms with E-state index in [1.54, 1.807) is 12.0 Å². The minimum Gasteiger partial charge on any atom is -0.497 e. The van der Waals surface area contributed by atoms with Crippen LogP contribution in [0.4, 0.5) is 11.4 Å². The second kappa shape index (κ2) is 8.84. The van der Waals surface area contributed by atoms with Gasteiger partial charge in [0.2, 0.25) is 0 Å². The molecule has 0 saturated carbocycles. The van der Waals surface area contributed by atoms with Gasteiger partial charge in [0.1, 0.15) is 5.75 Å². The van der Waals surface area contributed by atoms with Crippen LogP contribution >= 0.6 is 27.7 Å². The molecule has 5 nitrogen and oxygen atoms in total. The summed E-state index contributed by atoms with van der Waals surface area (Å²) < 4.78 is 6.17. The van der Waals surface area contributed by atoms with E-state index in [-0.39, 0.29) is 5.91 Å². The van der Waals surface area contributed by atoms with E-state index in [2.05, 4.69) is 20.9 Å². The van der Waals surface area contributed by atoms with Crippen molar-refractivity contribution in [2.45, 2.75) is 6.92 Å². The first-order valence-corrected chi connectivity index (χ1v) is 10.4. The monoisotopic (exact) mass is 459 g/mol. The number of rotatable bonds is 5. The van der Waals surface area contributed by atoms with Crippen molar-refractivity contribution in [3.63, 3.8) is 0 Å². The highest BCUT2D eigenvalue weighted by atomic mass is 79.9. The quantitative estimate of drug-likeness (QED) is 0.580. The summed E-state index contributed by atoms with van der Waals surface area (Å²) in [7, 11) is 5.62. The lowest BCUT2D eigenvalue weighted by Gasteiger charge is -2.14. The molecule has 0 N–H and O–H groups in total. The van der Waals surface area contributed by atoms with Crippen LogP contribution in [0.3, 0.4) is 0 Å². The summed E-state index contributed by atoms with van der Waals surface area (Å²) in [4.78, 5) is 21.9. The molecule has 0 atom stereocenters. The van der Waals surface area contributed by atoms with Gasteiger partial charge in [0.05, 0.1) is 23.4 Å². The Balaban J connectivity index is 1.89. The maximum atomic E-state index is 12.8. The molecule has 1 saturated heterocycles. The van der Waals surface area contributed by atoms with Crippen LogP contribution in [-0.2, 0) is 4.79 Å². The maximum absolute atomic E-state index is 12.8. The lowest BCUT2D eigenvalue weighted by Crippen LogP contribution is -2.28. The first kappa shape index (κ1) is 20.5. The fourth-order valence-electron chi connectivity index (χ4n) is 2.76. The Morgan fingerprint density at radius 1 is 1.21 bits per heavy atom. The van der Waals surface area contributed by atoms with E-state index < -0.39 is 0 Å². The van der Waals surface area contributed by atoms with E-state index >= 15 is 0 Å². The molecule has 0 aromatic heterocycles. The SMILES string of the molecule is CCN1C(=O)/C(=C\c2ccc(N(C)C)c(Br)c2)SC1=Nc1ccc(OC)cc1. The second-order valence-corrected chi connectivity index (χ2v) is 8.22. The van der Waals surface area contributed by atoms with Crippen LogP contribution in [0, 0.1) is 0 Å². The molecule has 3 rings (SSSR count). The van der Waals surface area contributed by atoms with Crippen molar-refractivity contribution in [3.05, 3.63) is 57.4 Å². The molecule has 0 unspecified atom stereocenters. The number of aliphatic imine (C=N–C) groups is 1. The number of methoxy groups -OCH3 is 1. The smallest absolute Gasteiger partial charge is 0.266 e. The summed E-state index contributed by atoms with van der Waals surface area (Å²) in [5.74, 6) is 0.756.